The van der Waals surface area contributed by atoms with Crippen molar-refractivity contribution < 1.29 is 9.90 Å². The van der Waals surface area contributed by atoms with Crippen LogP contribution in [-0.2, 0) is 4.79 Å². The van der Waals surface area contributed by atoms with Crippen LogP contribution in [0.1, 0.15) is 12.0 Å². The molecule has 0 aliphatic carbocycles. The Morgan fingerprint density at radius 1 is 1.55 bits per heavy atom. The maximum absolute atomic E-state index is 10.4. The highest BCUT2D eigenvalue weighted by atomic mass is 35.5. The van der Waals surface area contributed by atoms with E-state index in [9.17, 15) is 4.79 Å². The minimum Gasteiger partial charge on any atom is -0.478 e. The first-order valence-corrected chi connectivity index (χ1v) is 6.07. The quantitative estimate of drug-likeness (QED) is 0.734. The second-order valence-electron chi connectivity index (χ2n) is 4.10. The van der Waals surface area contributed by atoms with Crippen molar-refractivity contribution in [3.05, 3.63) is 28.9 Å². The van der Waals surface area contributed by atoms with Crippen LogP contribution in [-0.4, -0.2) is 35.2 Å². The van der Waals surface area contributed by atoms with Gasteiger partial charge < -0.3 is 15.7 Å². The molecule has 1 aliphatic rings. The van der Waals surface area contributed by atoms with E-state index < -0.39 is 5.97 Å². The summed E-state index contributed by atoms with van der Waals surface area (Å²) in [6.45, 7) is 1.90. The minimum atomic E-state index is -0.995. The zero-order chi connectivity index (χ0) is 13.0. The molecule has 0 saturated carbocycles. The Morgan fingerprint density at radius 2 is 2.30 bits per heavy atom. The molecular formula is C12H16Cl3N3O2. The van der Waals surface area contributed by atoms with E-state index in [0.717, 1.165) is 25.6 Å². The van der Waals surface area contributed by atoms with Crippen LogP contribution in [0.4, 0.5) is 5.82 Å². The van der Waals surface area contributed by atoms with Gasteiger partial charge in [0.2, 0.25) is 0 Å². The van der Waals surface area contributed by atoms with E-state index in [4.69, 9.17) is 16.7 Å². The molecule has 20 heavy (non-hydrogen) atoms. The molecule has 1 atom stereocenters. The van der Waals surface area contributed by atoms with Gasteiger partial charge in [-0.1, -0.05) is 11.6 Å². The lowest BCUT2D eigenvalue weighted by atomic mass is 10.2. The molecule has 1 saturated heterocycles. The number of halogens is 3. The number of pyridine rings is 1. The first kappa shape index (κ1) is 19.0. The van der Waals surface area contributed by atoms with E-state index >= 15 is 0 Å². The van der Waals surface area contributed by atoms with Gasteiger partial charge in [-0.25, -0.2) is 9.78 Å². The molecule has 1 aromatic rings. The first-order chi connectivity index (χ1) is 8.65. The number of nitrogens with one attached hydrogen (secondary N) is 2. The number of rotatable bonds is 4. The average Bonchev–Trinajstić information content (AvgIpc) is 2.82. The lowest BCUT2D eigenvalue weighted by Gasteiger charge is -2.13. The van der Waals surface area contributed by atoms with Crippen molar-refractivity contribution >= 4 is 54.3 Å². The van der Waals surface area contributed by atoms with Crippen LogP contribution < -0.4 is 10.6 Å². The van der Waals surface area contributed by atoms with Gasteiger partial charge in [0.25, 0.3) is 0 Å². The van der Waals surface area contributed by atoms with E-state index in [-0.39, 0.29) is 24.8 Å². The largest absolute Gasteiger partial charge is 0.478 e. The fraction of sp³-hybridized carbons (Fsp3) is 0.333. The Bertz CT molecular complexity index is 477. The third kappa shape index (κ3) is 5.54. The lowest BCUT2D eigenvalue weighted by molar-refractivity contribution is -0.131. The van der Waals surface area contributed by atoms with Crippen molar-refractivity contribution in [3.8, 4) is 0 Å². The number of hydrogen-bond donors (Lipinski definition) is 3. The molecule has 0 amide bonds. The van der Waals surface area contributed by atoms with Crippen LogP contribution >= 0.6 is 36.4 Å². The third-order valence-corrected chi connectivity index (χ3v) is 2.97. The summed E-state index contributed by atoms with van der Waals surface area (Å²) in [6.07, 6.45) is 5.15. The summed E-state index contributed by atoms with van der Waals surface area (Å²) in [5.41, 5.74) is 0.664. The Kier molecular flexibility index (Phi) is 8.57. The summed E-state index contributed by atoms with van der Waals surface area (Å²) in [4.78, 5) is 14.6. The van der Waals surface area contributed by atoms with Crippen LogP contribution in [0.25, 0.3) is 6.08 Å². The second kappa shape index (κ2) is 9.02. The van der Waals surface area contributed by atoms with Gasteiger partial charge in [0.05, 0.1) is 5.02 Å². The molecule has 8 heteroatoms. The van der Waals surface area contributed by atoms with Gasteiger partial charge in [-0.2, -0.15) is 0 Å². The third-order valence-electron chi connectivity index (χ3n) is 2.68. The second-order valence-corrected chi connectivity index (χ2v) is 4.51. The molecule has 3 N–H and O–H groups in total. The fourth-order valence-electron chi connectivity index (χ4n) is 1.79. The van der Waals surface area contributed by atoms with E-state index in [1.807, 2.05) is 0 Å². The zero-order valence-corrected chi connectivity index (χ0v) is 12.9. The summed E-state index contributed by atoms with van der Waals surface area (Å²) in [7, 11) is 0. The highest BCUT2D eigenvalue weighted by molar-refractivity contribution is 6.33. The van der Waals surface area contributed by atoms with Crippen molar-refractivity contribution in [1.29, 1.82) is 0 Å². The van der Waals surface area contributed by atoms with Crippen LogP contribution in [0.15, 0.2) is 18.3 Å². The molecule has 0 aromatic carbocycles. The molecular weight excluding hydrogens is 325 g/mol. The zero-order valence-electron chi connectivity index (χ0n) is 10.5. The van der Waals surface area contributed by atoms with Crippen LogP contribution in [0.5, 0.6) is 0 Å². The molecule has 2 heterocycles. The summed E-state index contributed by atoms with van der Waals surface area (Å²) < 4.78 is 0. The summed E-state index contributed by atoms with van der Waals surface area (Å²) in [5.74, 6) is -0.358. The van der Waals surface area contributed by atoms with Gasteiger partial charge in [-0.15, -0.1) is 24.8 Å². The number of carboxylic acids is 1. The standard InChI is InChI=1S/C12H14ClN3O2.2ClH/c13-10-5-8(1-2-11(17)18)6-15-12(10)16-9-3-4-14-7-9;;/h1-2,5-6,9,14H,3-4,7H2,(H,15,16)(H,17,18);2*1H/t9-;;/m1../s1. The summed E-state index contributed by atoms with van der Waals surface area (Å²) in [6, 6.07) is 2.04. The molecule has 0 radical (unpaired) electrons. The highest BCUT2D eigenvalue weighted by Crippen LogP contribution is 2.22. The highest BCUT2D eigenvalue weighted by Gasteiger charge is 2.15. The van der Waals surface area contributed by atoms with Crippen molar-refractivity contribution in [1.82, 2.24) is 10.3 Å². The number of carboxylic acid groups (broad SMARTS) is 1. The van der Waals surface area contributed by atoms with Crippen molar-refractivity contribution in [2.24, 2.45) is 0 Å². The van der Waals surface area contributed by atoms with Gasteiger partial charge >= 0.3 is 5.97 Å². The van der Waals surface area contributed by atoms with Crippen LogP contribution in [0.2, 0.25) is 5.02 Å². The van der Waals surface area contributed by atoms with Crippen LogP contribution in [0, 0.1) is 0 Å². The lowest BCUT2D eigenvalue weighted by Crippen LogP contribution is -2.22. The molecule has 1 aliphatic heterocycles. The van der Waals surface area contributed by atoms with Gasteiger partial charge in [0, 0.05) is 24.9 Å². The molecule has 5 nitrogen and oxygen atoms in total. The normalized spacial score (nSPS) is 17.4. The number of aromatic nitrogens is 1. The number of hydrogen-bond acceptors (Lipinski definition) is 4. The SMILES string of the molecule is Cl.Cl.O=C(O)C=Cc1cnc(N[C@@H]2CCNC2)c(Cl)c1. The van der Waals surface area contributed by atoms with Gasteiger partial charge in [-0.05, 0) is 30.7 Å². The molecule has 0 unspecified atom stereocenters. The topological polar surface area (TPSA) is 74.2 Å². The van der Waals surface area contributed by atoms with Crippen molar-refractivity contribution in [2.75, 3.05) is 18.4 Å². The van der Waals surface area contributed by atoms with E-state index in [2.05, 4.69) is 15.6 Å². The number of aliphatic carboxylic acids is 1. The van der Waals surface area contributed by atoms with Gasteiger partial charge in [0.1, 0.15) is 5.82 Å². The van der Waals surface area contributed by atoms with Crippen LogP contribution in [0.3, 0.4) is 0 Å². The first-order valence-electron chi connectivity index (χ1n) is 5.69. The summed E-state index contributed by atoms with van der Waals surface area (Å²) >= 11 is 6.10. The predicted molar refractivity (Wildman–Crippen MR) is 85.3 cm³/mol. The van der Waals surface area contributed by atoms with E-state index in [1.54, 1.807) is 12.3 Å². The fourth-order valence-corrected chi connectivity index (χ4v) is 2.02. The molecule has 2 rings (SSSR count). The maximum Gasteiger partial charge on any atom is 0.328 e. The van der Waals surface area contributed by atoms with Crippen molar-refractivity contribution in [3.63, 3.8) is 0 Å². The maximum atomic E-state index is 10.4. The molecule has 0 bridgehead atoms. The Hall–Kier alpha value is -1.01. The molecule has 1 fully saturated rings. The van der Waals surface area contributed by atoms with E-state index in [1.165, 1.54) is 6.08 Å². The van der Waals surface area contributed by atoms with E-state index in [0.29, 0.717) is 22.4 Å². The smallest absolute Gasteiger partial charge is 0.328 e. The number of anilines is 1. The minimum absolute atomic E-state index is 0. The van der Waals surface area contributed by atoms with Crippen molar-refractivity contribution in [2.45, 2.75) is 12.5 Å². The Balaban J connectivity index is 0.00000180. The number of carbonyl (C=O) groups is 1. The monoisotopic (exact) mass is 339 g/mol. The molecule has 0 spiro atoms. The average molecular weight is 341 g/mol. The predicted octanol–water partition coefficient (Wildman–Crippen LogP) is 2.45. The Labute approximate surface area is 134 Å². The van der Waals surface area contributed by atoms with Gasteiger partial charge in [-0.3, -0.25) is 0 Å². The Morgan fingerprint density at radius 3 is 2.85 bits per heavy atom. The molecule has 1 aromatic heterocycles. The molecule has 112 valence electrons. The number of nitrogens with zero attached hydrogens (tertiary/aromatic N) is 1. The van der Waals surface area contributed by atoms with Gasteiger partial charge in [0.15, 0.2) is 0 Å². The summed E-state index contributed by atoms with van der Waals surface area (Å²) in [5, 5.41) is 15.5.